The van der Waals surface area contributed by atoms with E-state index in [-0.39, 0.29) is 29.8 Å². The first-order chi connectivity index (χ1) is 9.67. The van der Waals surface area contributed by atoms with E-state index >= 15 is 0 Å². The van der Waals surface area contributed by atoms with Gasteiger partial charge < -0.3 is 10.1 Å². The molecule has 4 nitrogen and oxygen atoms in total. The van der Waals surface area contributed by atoms with Crippen LogP contribution in [0.25, 0.3) is 0 Å². The lowest BCUT2D eigenvalue weighted by Crippen LogP contribution is -2.39. The molecule has 5 atom stereocenters. The summed E-state index contributed by atoms with van der Waals surface area (Å²) in [7, 11) is 0. The maximum absolute atomic E-state index is 12.3. The van der Waals surface area contributed by atoms with Gasteiger partial charge in [0.2, 0.25) is 5.91 Å². The van der Waals surface area contributed by atoms with Gasteiger partial charge >= 0.3 is 5.97 Å². The topological polar surface area (TPSA) is 55.4 Å². The van der Waals surface area contributed by atoms with Crippen molar-refractivity contribution in [3.63, 3.8) is 0 Å². The summed E-state index contributed by atoms with van der Waals surface area (Å²) in [6.07, 6.45) is 9.07. The van der Waals surface area contributed by atoms with E-state index in [0.29, 0.717) is 18.4 Å². The van der Waals surface area contributed by atoms with Crippen LogP contribution in [-0.2, 0) is 14.3 Å². The Bertz CT molecular complexity index is 431. The van der Waals surface area contributed by atoms with Crippen molar-refractivity contribution >= 4 is 11.9 Å². The highest BCUT2D eigenvalue weighted by molar-refractivity contribution is 5.80. The van der Waals surface area contributed by atoms with Crippen molar-refractivity contribution in [1.82, 2.24) is 5.32 Å². The van der Waals surface area contributed by atoms with Gasteiger partial charge in [0.15, 0.2) is 0 Å². The van der Waals surface area contributed by atoms with Crippen LogP contribution in [0.15, 0.2) is 12.2 Å². The van der Waals surface area contributed by atoms with Gasteiger partial charge in [0.1, 0.15) is 0 Å². The fourth-order valence-electron chi connectivity index (χ4n) is 3.98. The monoisotopic (exact) mass is 277 g/mol. The van der Waals surface area contributed by atoms with Crippen LogP contribution in [0.2, 0.25) is 0 Å². The van der Waals surface area contributed by atoms with Crippen LogP contribution < -0.4 is 5.32 Å². The van der Waals surface area contributed by atoms with Crippen LogP contribution in [0.1, 0.15) is 39.0 Å². The highest BCUT2D eigenvalue weighted by atomic mass is 16.5. The number of hydrogen-bond donors (Lipinski definition) is 1. The molecule has 1 N–H and O–H groups in total. The Morgan fingerprint density at radius 1 is 1.20 bits per heavy atom. The van der Waals surface area contributed by atoms with E-state index in [2.05, 4.69) is 17.5 Å². The first-order valence-corrected chi connectivity index (χ1v) is 7.82. The predicted molar refractivity (Wildman–Crippen MR) is 74.7 cm³/mol. The lowest BCUT2D eigenvalue weighted by atomic mass is 9.92. The van der Waals surface area contributed by atoms with Gasteiger partial charge in [0.25, 0.3) is 0 Å². The molecule has 2 saturated carbocycles. The molecule has 0 unspecified atom stereocenters. The standard InChI is InChI=1S/C16H23NO3/c1-2-20-16(19)12-5-6-13(9-12)17-15(18)14-8-10-3-4-11(14)7-10/h3-4,10-14H,2,5-9H2,1H3,(H,17,18)/t10-,11-,12+,13-,14+/m0/s1. The molecule has 0 heterocycles. The summed E-state index contributed by atoms with van der Waals surface area (Å²) in [6.45, 7) is 2.26. The van der Waals surface area contributed by atoms with Gasteiger partial charge in [-0.3, -0.25) is 9.59 Å². The lowest BCUT2D eigenvalue weighted by Gasteiger charge is -2.20. The second kappa shape index (κ2) is 5.58. The number of amides is 1. The van der Waals surface area contributed by atoms with E-state index in [1.807, 2.05) is 6.92 Å². The molecule has 3 aliphatic carbocycles. The van der Waals surface area contributed by atoms with E-state index in [1.165, 1.54) is 0 Å². The fourth-order valence-corrected chi connectivity index (χ4v) is 3.98. The number of hydrogen-bond acceptors (Lipinski definition) is 3. The first-order valence-electron chi connectivity index (χ1n) is 7.82. The summed E-state index contributed by atoms with van der Waals surface area (Å²) in [5, 5.41) is 3.15. The van der Waals surface area contributed by atoms with Crippen molar-refractivity contribution < 1.29 is 14.3 Å². The van der Waals surface area contributed by atoms with E-state index < -0.39 is 0 Å². The molecule has 0 spiro atoms. The number of ether oxygens (including phenoxy) is 1. The molecule has 3 aliphatic rings. The number of carbonyl (C=O) groups is 2. The van der Waals surface area contributed by atoms with Gasteiger partial charge in [-0.15, -0.1) is 0 Å². The Hall–Kier alpha value is -1.32. The van der Waals surface area contributed by atoms with Crippen molar-refractivity contribution in [2.24, 2.45) is 23.7 Å². The second-order valence-electron chi connectivity index (χ2n) is 6.35. The predicted octanol–water partition coefficient (Wildman–Crippen LogP) is 2.05. The Morgan fingerprint density at radius 2 is 2.05 bits per heavy atom. The van der Waals surface area contributed by atoms with Crippen molar-refractivity contribution in [3.8, 4) is 0 Å². The quantitative estimate of drug-likeness (QED) is 0.632. The minimum absolute atomic E-state index is 0.0276. The maximum atomic E-state index is 12.3. The molecule has 110 valence electrons. The van der Waals surface area contributed by atoms with Gasteiger partial charge in [-0.2, -0.15) is 0 Å². The number of nitrogens with one attached hydrogen (secondary N) is 1. The highest BCUT2D eigenvalue weighted by Crippen LogP contribution is 2.43. The number of esters is 1. The molecular weight excluding hydrogens is 254 g/mol. The summed E-state index contributed by atoms with van der Waals surface area (Å²) in [4.78, 5) is 24.0. The number of allylic oxidation sites excluding steroid dienone is 2. The molecular formula is C16H23NO3. The third-order valence-corrected chi connectivity index (χ3v) is 5.01. The van der Waals surface area contributed by atoms with Crippen LogP contribution in [0, 0.1) is 23.7 Å². The van der Waals surface area contributed by atoms with E-state index in [4.69, 9.17) is 4.74 Å². The minimum atomic E-state index is -0.105. The minimum Gasteiger partial charge on any atom is -0.466 e. The molecule has 2 bridgehead atoms. The molecule has 3 rings (SSSR count). The SMILES string of the molecule is CCOC(=O)[C@@H]1CC[C@H](NC(=O)[C@@H]2C[C@H]3C=C[C@H]2C3)C1. The zero-order chi connectivity index (χ0) is 14.1. The van der Waals surface area contributed by atoms with E-state index in [1.54, 1.807) is 0 Å². The summed E-state index contributed by atoms with van der Waals surface area (Å²) >= 11 is 0. The summed E-state index contributed by atoms with van der Waals surface area (Å²) in [6, 6.07) is 0.153. The molecule has 4 heteroatoms. The Balaban J connectivity index is 1.48. The Morgan fingerprint density at radius 3 is 2.70 bits per heavy atom. The lowest BCUT2D eigenvalue weighted by molar-refractivity contribution is -0.147. The number of fused-ring (bicyclic) bond motifs is 2. The molecule has 2 fully saturated rings. The zero-order valence-electron chi connectivity index (χ0n) is 12.0. The summed E-state index contributed by atoms with van der Waals surface area (Å²) in [5.41, 5.74) is 0. The van der Waals surface area contributed by atoms with E-state index in [0.717, 1.165) is 32.1 Å². The van der Waals surface area contributed by atoms with Crippen molar-refractivity contribution in [3.05, 3.63) is 12.2 Å². The van der Waals surface area contributed by atoms with Gasteiger partial charge in [-0.1, -0.05) is 12.2 Å². The average molecular weight is 277 g/mol. The molecule has 0 aliphatic heterocycles. The molecule has 0 radical (unpaired) electrons. The van der Waals surface area contributed by atoms with E-state index in [9.17, 15) is 9.59 Å². The van der Waals surface area contributed by atoms with Crippen molar-refractivity contribution in [2.75, 3.05) is 6.61 Å². The van der Waals surface area contributed by atoms with Crippen LogP contribution >= 0.6 is 0 Å². The molecule has 0 aromatic carbocycles. The second-order valence-corrected chi connectivity index (χ2v) is 6.35. The molecule has 0 aromatic heterocycles. The summed E-state index contributed by atoms with van der Waals surface area (Å²) < 4.78 is 5.06. The Kier molecular flexibility index (Phi) is 3.81. The maximum Gasteiger partial charge on any atom is 0.308 e. The third-order valence-electron chi connectivity index (χ3n) is 5.01. The zero-order valence-corrected chi connectivity index (χ0v) is 12.0. The molecule has 0 aromatic rings. The third kappa shape index (κ3) is 2.60. The molecule has 0 saturated heterocycles. The molecule has 20 heavy (non-hydrogen) atoms. The van der Waals surface area contributed by atoms with Gasteiger partial charge in [0, 0.05) is 12.0 Å². The van der Waals surface area contributed by atoms with Crippen LogP contribution in [0.3, 0.4) is 0 Å². The number of rotatable bonds is 4. The van der Waals surface area contributed by atoms with Crippen molar-refractivity contribution in [2.45, 2.75) is 45.1 Å². The fraction of sp³-hybridized carbons (Fsp3) is 0.750. The van der Waals surface area contributed by atoms with Gasteiger partial charge in [0.05, 0.1) is 12.5 Å². The largest absolute Gasteiger partial charge is 0.466 e. The Labute approximate surface area is 119 Å². The molecule has 1 amide bonds. The van der Waals surface area contributed by atoms with Crippen LogP contribution in [-0.4, -0.2) is 24.5 Å². The smallest absolute Gasteiger partial charge is 0.308 e. The van der Waals surface area contributed by atoms with Crippen molar-refractivity contribution in [1.29, 1.82) is 0 Å². The number of carbonyl (C=O) groups excluding carboxylic acids is 2. The summed E-state index contributed by atoms with van der Waals surface area (Å²) in [5.74, 6) is 1.28. The first kappa shape index (κ1) is 13.7. The van der Waals surface area contributed by atoms with Crippen LogP contribution in [0.5, 0.6) is 0 Å². The normalized spacial score (nSPS) is 38.1. The average Bonchev–Trinajstić information content (AvgIpc) is 3.14. The van der Waals surface area contributed by atoms with Gasteiger partial charge in [-0.05, 0) is 50.9 Å². The highest BCUT2D eigenvalue weighted by Gasteiger charge is 2.41. The van der Waals surface area contributed by atoms with Gasteiger partial charge in [-0.25, -0.2) is 0 Å². The van der Waals surface area contributed by atoms with Crippen LogP contribution in [0.4, 0.5) is 0 Å².